The van der Waals surface area contributed by atoms with Crippen LogP contribution < -0.4 is 5.32 Å². The molecule has 1 N–H and O–H groups in total. The van der Waals surface area contributed by atoms with E-state index in [9.17, 15) is 0 Å². The van der Waals surface area contributed by atoms with E-state index in [4.69, 9.17) is 0 Å². The minimum Gasteiger partial charge on any atom is -0.338 e. The molecule has 4 nitrogen and oxygen atoms in total. The molecule has 1 unspecified atom stereocenters. The maximum atomic E-state index is 4.58. The Morgan fingerprint density at radius 2 is 2.10 bits per heavy atom. The van der Waals surface area contributed by atoms with Gasteiger partial charge in [-0.25, -0.2) is 4.98 Å². The summed E-state index contributed by atoms with van der Waals surface area (Å²) >= 11 is 0. The SMILES string of the molecule is CCNC(CCc1nccn1C)c1ccc(C)nc1C. The lowest BCUT2D eigenvalue weighted by atomic mass is 10.00. The van der Waals surface area contributed by atoms with Gasteiger partial charge in [0, 0.05) is 43.3 Å². The first-order valence-corrected chi connectivity index (χ1v) is 7.25. The van der Waals surface area contributed by atoms with Gasteiger partial charge < -0.3 is 9.88 Å². The van der Waals surface area contributed by atoms with Gasteiger partial charge in [0.15, 0.2) is 0 Å². The smallest absolute Gasteiger partial charge is 0.108 e. The molecule has 0 saturated heterocycles. The summed E-state index contributed by atoms with van der Waals surface area (Å²) in [6.07, 6.45) is 5.85. The van der Waals surface area contributed by atoms with Gasteiger partial charge >= 0.3 is 0 Å². The standard InChI is InChI=1S/C16H24N4/c1-5-17-15(8-9-16-18-10-11-20(16)4)14-7-6-12(2)19-13(14)3/h6-7,10-11,15,17H,5,8-9H2,1-4H3. The van der Waals surface area contributed by atoms with E-state index in [-0.39, 0.29) is 0 Å². The maximum Gasteiger partial charge on any atom is 0.108 e. The molecular weight excluding hydrogens is 248 g/mol. The lowest BCUT2D eigenvalue weighted by Gasteiger charge is -2.20. The number of aryl methyl sites for hydroxylation is 4. The normalized spacial score (nSPS) is 12.6. The predicted octanol–water partition coefficient (Wildman–Crippen LogP) is 2.72. The van der Waals surface area contributed by atoms with E-state index in [0.717, 1.165) is 36.6 Å². The van der Waals surface area contributed by atoms with Gasteiger partial charge in [-0.2, -0.15) is 0 Å². The molecule has 0 aliphatic heterocycles. The molecule has 0 fully saturated rings. The first kappa shape index (κ1) is 14.7. The molecule has 2 rings (SSSR count). The van der Waals surface area contributed by atoms with E-state index in [1.165, 1.54) is 5.56 Å². The fraction of sp³-hybridized carbons (Fsp3) is 0.500. The minimum atomic E-state index is 0.338. The molecule has 2 aromatic rings. The number of pyridine rings is 1. The van der Waals surface area contributed by atoms with Crippen LogP contribution in [0.15, 0.2) is 24.5 Å². The van der Waals surface area contributed by atoms with E-state index in [1.54, 1.807) is 0 Å². The Labute approximate surface area is 121 Å². The van der Waals surface area contributed by atoms with Crippen molar-refractivity contribution in [2.45, 2.75) is 39.7 Å². The number of hydrogen-bond donors (Lipinski definition) is 1. The molecule has 2 heterocycles. The summed E-state index contributed by atoms with van der Waals surface area (Å²) in [5.41, 5.74) is 3.49. The van der Waals surface area contributed by atoms with Crippen LogP contribution in [0, 0.1) is 13.8 Å². The fourth-order valence-electron chi connectivity index (χ4n) is 2.59. The third kappa shape index (κ3) is 3.45. The quantitative estimate of drug-likeness (QED) is 0.879. The van der Waals surface area contributed by atoms with Crippen molar-refractivity contribution in [1.82, 2.24) is 19.9 Å². The molecule has 4 heteroatoms. The first-order valence-electron chi connectivity index (χ1n) is 7.25. The Balaban J connectivity index is 2.12. The highest BCUT2D eigenvalue weighted by atomic mass is 15.0. The second-order valence-electron chi connectivity index (χ2n) is 5.23. The van der Waals surface area contributed by atoms with Crippen molar-refractivity contribution < 1.29 is 0 Å². The van der Waals surface area contributed by atoms with Crippen molar-refractivity contribution in [1.29, 1.82) is 0 Å². The second kappa shape index (κ2) is 6.66. The van der Waals surface area contributed by atoms with Gasteiger partial charge in [0.2, 0.25) is 0 Å². The predicted molar refractivity (Wildman–Crippen MR) is 81.7 cm³/mol. The summed E-state index contributed by atoms with van der Waals surface area (Å²) < 4.78 is 2.09. The molecule has 0 spiro atoms. The van der Waals surface area contributed by atoms with Crippen LogP contribution >= 0.6 is 0 Å². The Morgan fingerprint density at radius 3 is 2.70 bits per heavy atom. The fourth-order valence-corrected chi connectivity index (χ4v) is 2.59. The zero-order chi connectivity index (χ0) is 14.5. The summed E-state index contributed by atoms with van der Waals surface area (Å²) in [4.78, 5) is 8.98. The third-order valence-corrected chi connectivity index (χ3v) is 3.67. The van der Waals surface area contributed by atoms with Crippen LogP contribution in [0.25, 0.3) is 0 Å². The van der Waals surface area contributed by atoms with Crippen molar-refractivity contribution in [3.8, 4) is 0 Å². The summed E-state index contributed by atoms with van der Waals surface area (Å²) in [6.45, 7) is 7.23. The Hall–Kier alpha value is -1.68. The topological polar surface area (TPSA) is 42.7 Å². The van der Waals surface area contributed by atoms with E-state index < -0.39 is 0 Å². The average Bonchev–Trinajstić information content (AvgIpc) is 2.81. The molecule has 0 radical (unpaired) electrons. The van der Waals surface area contributed by atoms with Crippen LogP contribution in [0.2, 0.25) is 0 Å². The number of hydrogen-bond acceptors (Lipinski definition) is 3. The van der Waals surface area contributed by atoms with Gasteiger partial charge in [-0.3, -0.25) is 4.98 Å². The van der Waals surface area contributed by atoms with Crippen LogP contribution in [0.5, 0.6) is 0 Å². The van der Waals surface area contributed by atoms with Crippen molar-refractivity contribution in [3.05, 3.63) is 47.3 Å². The molecule has 0 amide bonds. The van der Waals surface area contributed by atoms with E-state index in [2.05, 4.69) is 45.8 Å². The second-order valence-corrected chi connectivity index (χ2v) is 5.23. The lowest BCUT2D eigenvalue weighted by molar-refractivity contribution is 0.502. The summed E-state index contributed by atoms with van der Waals surface area (Å²) in [5, 5.41) is 3.56. The molecular formula is C16H24N4. The lowest BCUT2D eigenvalue weighted by Crippen LogP contribution is -2.23. The molecule has 2 aromatic heterocycles. The zero-order valence-electron chi connectivity index (χ0n) is 12.8. The molecule has 0 aliphatic carbocycles. The van der Waals surface area contributed by atoms with Gasteiger partial charge in [0.1, 0.15) is 5.82 Å². The number of rotatable bonds is 6. The van der Waals surface area contributed by atoms with Crippen LogP contribution in [0.3, 0.4) is 0 Å². The van der Waals surface area contributed by atoms with Crippen molar-refractivity contribution in [3.63, 3.8) is 0 Å². The van der Waals surface area contributed by atoms with Crippen LogP contribution in [-0.2, 0) is 13.5 Å². The molecule has 0 saturated carbocycles. The largest absolute Gasteiger partial charge is 0.338 e. The zero-order valence-corrected chi connectivity index (χ0v) is 12.8. The molecule has 108 valence electrons. The summed E-state index contributed by atoms with van der Waals surface area (Å²) in [5.74, 6) is 1.13. The van der Waals surface area contributed by atoms with Crippen molar-refractivity contribution in [2.75, 3.05) is 6.54 Å². The Morgan fingerprint density at radius 1 is 1.30 bits per heavy atom. The molecule has 20 heavy (non-hydrogen) atoms. The third-order valence-electron chi connectivity index (χ3n) is 3.67. The average molecular weight is 272 g/mol. The van der Waals surface area contributed by atoms with E-state index >= 15 is 0 Å². The Kier molecular flexibility index (Phi) is 4.90. The van der Waals surface area contributed by atoms with Crippen molar-refractivity contribution >= 4 is 0 Å². The van der Waals surface area contributed by atoms with Crippen LogP contribution in [0.1, 0.15) is 42.2 Å². The first-order chi connectivity index (χ1) is 9.61. The highest BCUT2D eigenvalue weighted by molar-refractivity contribution is 5.25. The monoisotopic (exact) mass is 272 g/mol. The van der Waals surface area contributed by atoms with Crippen molar-refractivity contribution in [2.24, 2.45) is 7.05 Å². The van der Waals surface area contributed by atoms with Gasteiger partial charge in [-0.15, -0.1) is 0 Å². The number of nitrogens with zero attached hydrogens (tertiary/aromatic N) is 3. The molecule has 0 aliphatic rings. The van der Waals surface area contributed by atoms with Crippen LogP contribution in [0.4, 0.5) is 0 Å². The number of nitrogens with one attached hydrogen (secondary N) is 1. The highest BCUT2D eigenvalue weighted by Crippen LogP contribution is 2.21. The minimum absolute atomic E-state index is 0.338. The van der Waals surface area contributed by atoms with Gasteiger partial charge in [0.05, 0.1) is 0 Å². The van der Waals surface area contributed by atoms with Crippen LogP contribution in [-0.4, -0.2) is 21.1 Å². The van der Waals surface area contributed by atoms with Gasteiger partial charge in [-0.1, -0.05) is 13.0 Å². The number of imidazole rings is 1. The Bertz CT molecular complexity index is 559. The summed E-state index contributed by atoms with van der Waals surface area (Å²) in [7, 11) is 2.04. The van der Waals surface area contributed by atoms with E-state index in [1.807, 2.05) is 26.4 Å². The van der Waals surface area contributed by atoms with Gasteiger partial charge in [0.25, 0.3) is 0 Å². The summed E-state index contributed by atoms with van der Waals surface area (Å²) in [6, 6.07) is 4.63. The molecule has 1 atom stereocenters. The van der Waals surface area contributed by atoms with E-state index in [0.29, 0.717) is 6.04 Å². The maximum absolute atomic E-state index is 4.58. The highest BCUT2D eigenvalue weighted by Gasteiger charge is 2.14. The molecule has 0 aromatic carbocycles. The van der Waals surface area contributed by atoms with Gasteiger partial charge in [-0.05, 0) is 38.4 Å². The molecule has 0 bridgehead atoms. The number of aromatic nitrogens is 3.